The number of aliphatic carboxylic acids is 1. The molecule has 0 bridgehead atoms. The molecule has 8 atom stereocenters. The van der Waals surface area contributed by atoms with E-state index in [9.17, 15) is 35.1 Å². The Morgan fingerprint density at radius 2 is 1.92 bits per heavy atom. The van der Waals surface area contributed by atoms with E-state index in [2.05, 4.69) is 0 Å². The van der Waals surface area contributed by atoms with E-state index in [4.69, 9.17) is 14.2 Å². The average Bonchev–Trinajstić information content (AvgIpc) is 2.92. The predicted octanol–water partition coefficient (Wildman–Crippen LogP) is -2.23. The van der Waals surface area contributed by atoms with Crippen molar-refractivity contribution in [3.8, 4) is 0 Å². The number of esters is 1. The van der Waals surface area contributed by atoms with E-state index in [1.807, 2.05) is 0 Å². The minimum atomic E-state index is -1.58. The number of cyclic esters (lactones) is 1. The van der Waals surface area contributed by atoms with Gasteiger partial charge in [0.2, 0.25) is 0 Å². The third kappa shape index (κ3) is 3.13. The summed E-state index contributed by atoms with van der Waals surface area (Å²) in [5.74, 6) is -3.14. The molecule has 10 heteroatoms. The lowest BCUT2D eigenvalue weighted by Gasteiger charge is -2.40. The molecule has 0 aromatic heterocycles. The molecule has 0 aromatic carbocycles. The van der Waals surface area contributed by atoms with E-state index in [0.29, 0.717) is 5.57 Å². The molecular weight excluding hydrogens is 352 g/mol. The van der Waals surface area contributed by atoms with Gasteiger partial charge in [-0.1, -0.05) is 0 Å². The Bertz CT molecular complexity index is 614. The van der Waals surface area contributed by atoms with Crippen LogP contribution in [0.3, 0.4) is 0 Å². The molecule has 2 aliphatic heterocycles. The number of rotatable bonds is 4. The van der Waals surface area contributed by atoms with Gasteiger partial charge in [-0.2, -0.15) is 0 Å². The number of carboxylic acid groups (broad SMARTS) is 1. The monoisotopic (exact) mass is 374 g/mol. The first-order chi connectivity index (χ1) is 12.3. The lowest BCUT2D eigenvalue weighted by atomic mass is 9.85. The summed E-state index contributed by atoms with van der Waals surface area (Å²) in [5, 5.41) is 48.3. The molecule has 0 saturated carbocycles. The molecule has 0 spiro atoms. The third-order valence-electron chi connectivity index (χ3n) is 5.31. The normalized spacial score (nSPS) is 43.2. The fourth-order valence-electron chi connectivity index (χ4n) is 3.77. The maximum absolute atomic E-state index is 12.0. The van der Waals surface area contributed by atoms with Crippen molar-refractivity contribution < 1.29 is 49.3 Å². The molecule has 0 amide bonds. The molecule has 3 aliphatic rings. The number of carboxylic acids is 1. The van der Waals surface area contributed by atoms with Crippen LogP contribution in [-0.2, 0) is 23.8 Å². The Morgan fingerprint density at radius 1 is 1.23 bits per heavy atom. The fraction of sp³-hybridized carbons (Fsp3) is 0.750. The van der Waals surface area contributed by atoms with Crippen LogP contribution in [0, 0.1) is 11.8 Å². The zero-order valence-corrected chi connectivity index (χ0v) is 14.0. The summed E-state index contributed by atoms with van der Waals surface area (Å²) in [6.07, 6.45) is -7.69. The number of hydrogen-bond acceptors (Lipinski definition) is 9. The van der Waals surface area contributed by atoms with Crippen molar-refractivity contribution in [3.63, 3.8) is 0 Å². The van der Waals surface area contributed by atoms with Crippen molar-refractivity contribution in [2.45, 2.75) is 50.2 Å². The number of carbonyl (C=O) groups is 2. The summed E-state index contributed by atoms with van der Waals surface area (Å²) in [6, 6.07) is 0. The van der Waals surface area contributed by atoms with Gasteiger partial charge >= 0.3 is 11.9 Å². The van der Waals surface area contributed by atoms with Crippen LogP contribution in [0.15, 0.2) is 11.1 Å². The van der Waals surface area contributed by atoms with Crippen molar-refractivity contribution in [3.05, 3.63) is 11.1 Å². The number of fused-ring (bicyclic) bond motifs is 1. The van der Waals surface area contributed by atoms with Gasteiger partial charge in [0.05, 0.1) is 18.6 Å². The average molecular weight is 374 g/mol. The standard InChI is InChI=1S/C16H22O10/c1-5-8(2-6-7(14(21)22)4-24-15(23)10(5)6)25-16-13(20)12(19)11(18)9(3-17)26-16/h6-9,11-13,16-20H,2-4H2,1H3,(H,21,22)/t6-,7-,8-,9-,11-,12+,13-,16-/m1/s1. The van der Waals surface area contributed by atoms with Gasteiger partial charge in [0.15, 0.2) is 6.29 Å². The summed E-state index contributed by atoms with van der Waals surface area (Å²) < 4.78 is 15.9. The Hall–Kier alpha value is -1.56. The Kier molecular flexibility index (Phi) is 5.33. The van der Waals surface area contributed by atoms with Crippen LogP contribution >= 0.6 is 0 Å². The van der Waals surface area contributed by atoms with Crippen molar-refractivity contribution >= 4 is 11.9 Å². The summed E-state index contributed by atoms with van der Waals surface area (Å²) in [5.41, 5.74) is 0.723. The van der Waals surface area contributed by atoms with Crippen LogP contribution in [0.2, 0.25) is 0 Å². The molecule has 2 saturated heterocycles. The first kappa shape index (κ1) is 19.2. The van der Waals surface area contributed by atoms with Crippen LogP contribution in [0.5, 0.6) is 0 Å². The van der Waals surface area contributed by atoms with Gasteiger partial charge in [-0.05, 0) is 18.9 Å². The quantitative estimate of drug-likeness (QED) is 0.340. The highest BCUT2D eigenvalue weighted by molar-refractivity contribution is 5.93. The van der Waals surface area contributed by atoms with Gasteiger partial charge in [0.1, 0.15) is 31.0 Å². The van der Waals surface area contributed by atoms with Crippen LogP contribution in [0.4, 0.5) is 0 Å². The van der Waals surface area contributed by atoms with E-state index in [1.165, 1.54) is 0 Å². The SMILES string of the molecule is CC1=C2C(=O)OC[C@@H](C(=O)O)[C@H]2C[C@H]1O[C@@H]1O[C@H](CO)[C@@H](O)[C@H](O)[C@H]1O. The van der Waals surface area contributed by atoms with Gasteiger partial charge in [-0.15, -0.1) is 0 Å². The molecule has 3 rings (SSSR count). The molecule has 2 heterocycles. The topological polar surface area (TPSA) is 163 Å². The van der Waals surface area contributed by atoms with Gasteiger partial charge < -0.3 is 39.7 Å². The molecule has 0 unspecified atom stereocenters. The highest BCUT2D eigenvalue weighted by atomic mass is 16.7. The zero-order chi connectivity index (χ0) is 19.2. The van der Waals surface area contributed by atoms with Crippen molar-refractivity contribution in [1.82, 2.24) is 0 Å². The second-order valence-corrected chi connectivity index (χ2v) is 6.80. The fourth-order valence-corrected chi connectivity index (χ4v) is 3.77. The number of carbonyl (C=O) groups excluding carboxylic acids is 1. The van der Waals surface area contributed by atoms with Gasteiger partial charge in [0, 0.05) is 11.5 Å². The number of ether oxygens (including phenoxy) is 3. The second-order valence-electron chi connectivity index (χ2n) is 6.80. The lowest BCUT2D eigenvalue weighted by Crippen LogP contribution is -2.59. The van der Waals surface area contributed by atoms with Gasteiger partial charge in [0.25, 0.3) is 0 Å². The lowest BCUT2D eigenvalue weighted by molar-refractivity contribution is -0.308. The van der Waals surface area contributed by atoms with E-state index in [0.717, 1.165) is 0 Å². The smallest absolute Gasteiger partial charge is 0.334 e. The summed E-state index contributed by atoms with van der Waals surface area (Å²) in [4.78, 5) is 23.4. The Balaban J connectivity index is 1.78. The van der Waals surface area contributed by atoms with E-state index in [1.54, 1.807) is 6.92 Å². The largest absolute Gasteiger partial charge is 0.481 e. The van der Waals surface area contributed by atoms with Crippen LogP contribution < -0.4 is 0 Å². The molecule has 0 radical (unpaired) electrons. The zero-order valence-electron chi connectivity index (χ0n) is 14.0. The molecule has 2 fully saturated rings. The number of aliphatic hydroxyl groups excluding tert-OH is 4. The highest BCUT2D eigenvalue weighted by Crippen LogP contribution is 2.43. The van der Waals surface area contributed by atoms with E-state index < -0.39 is 67.2 Å². The summed E-state index contributed by atoms with van der Waals surface area (Å²) >= 11 is 0. The van der Waals surface area contributed by atoms with Gasteiger partial charge in [-0.25, -0.2) is 4.79 Å². The molecule has 1 aliphatic carbocycles. The molecular formula is C16H22O10. The minimum Gasteiger partial charge on any atom is -0.481 e. The Labute approximate surface area is 148 Å². The maximum atomic E-state index is 12.0. The first-order valence-corrected chi connectivity index (χ1v) is 8.32. The number of hydrogen-bond donors (Lipinski definition) is 5. The number of aliphatic hydroxyl groups is 4. The van der Waals surface area contributed by atoms with Crippen LogP contribution in [-0.4, -0.2) is 87.5 Å². The molecule has 26 heavy (non-hydrogen) atoms. The van der Waals surface area contributed by atoms with E-state index >= 15 is 0 Å². The van der Waals surface area contributed by atoms with Crippen molar-refractivity contribution in [2.75, 3.05) is 13.2 Å². The first-order valence-electron chi connectivity index (χ1n) is 8.32. The van der Waals surface area contributed by atoms with Gasteiger partial charge in [-0.3, -0.25) is 4.79 Å². The van der Waals surface area contributed by atoms with E-state index in [-0.39, 0.29) is 18.6 Å². The second kappa shape index (κ2) is 7.22. The highest BCUT2D eigenvalue weighted by Gasteiger charge is 2.50. The van der Waals surface area contributed by atoms with Crippen molar-refractivity contribution in [2.24, 2.45) is 11.8 Å². The molecule has 0 aromatic rings. The maximum Gasteiger partial charge on any atom is 0.334 e. The van der Waals surface area contributed by atoms with Crippen LogP contribution in [0.1, 0.15) is 13.3 Å². The predicted molar refractivity (Wildman–Crippen MR) is 81.5 cm³/mol. The van der Waals surface area contributed by atoms with Crippen LogP contribution in [0.25, 0.3) is 0 Å². The Morgan fingerprint density at radius 3 is 2.54 bits per heavy atom. The molecule has 5 N–H and O–H groups in total. The molecule has 146 valence electrons. The van der Waals surface area contributed by atoms with Crippen molar-refractivity contribution in [1.29, 1.82) is 0 Å². The molecule has 10 nitrogen and oxygen atoms in total. The third-order valence-corrected chi connectivity index (χ3v) is 5.31. The summed E-state index contributed by atoms with van der Waals surface area (Å²) in [7, 11) is 0. The minimum absolute atomic E-state index is 0.183. The summed E-state index contributed by atoms with van der Waals surface area (Å²) in [6.45, 7) is 0.795.